The lowest BCUT2D eigenvalue weighted by Gasteiger charge is -2.17. The van der Waals surface area contributed by atoms with Crippen molar-refractivity contribution in [2.45, 2.75) is 26.2 Å². The van der Waals surface area contributed by atoms with Crippen molar-refractivity contribution in [3.63, 3.8) is 0 Å². The largest absolute Gasteiger partial charge is 0.463 e. The first kappa shape index (κ1) is 10.9. The van der Waals surface area contributed by atoms with E-state index < -0.39 is 0 Å². The molecule has 0 radical (unpaired) electrons. The fraction of sp³-hybridized carbons (Fsp3) is 0.385. The van der Waals surface area contributed by atoms with Gasteiger partial charge in [-0.25, -0.2) is 4.79 Å². The molecule has 16 heavy (non-hydrogen) atoms. The van der Waals surface area contributed by atoms with Crippen LogP contribution in [0, 0.1) is 0 Å². The van der Waals surface area contributed by atoms with Gasteiger partial charge in [-0.05, 0) is 43.4 Å². The second-order valence-electron chi connectivity index (χ2n) is 3.79. The third-order valence-electron chi connectivity index (χ3n) is 2.67. The summed E-state index contributed by atoms with van der Waals surface area (Å²) in [5.74, 6) is -0.268. The van der Waals surface area contributed by atoms with E-state index in [0.29, 0.717) is 6.61 Å². The van der Waals surface area contributed by atoms with Crippen LogP contribution in [0.3, 0.4) is 0 Å². The highest BCUT2D eigenvalue weighted by molar-refractivity contribution is 5.91. The van der Waals surface area contributed by atoms with Gasteiger partial charge < -0.3 is 4.74 Å². The van der Waals surface area contributed by atoms with E-state index in [1.54, 1.807) is 12.3 Å². The minimum Gasteiger partial charge on any atom is -0.463 e. The second kappa shape index (κ2) is 4.92. The van der Waals surface area contributed by atoms with Gasteiger partial charge in [0.15, 0.2) is 0 Å². The van der Waals surface area contributed by atoms with Gasteiger partial charge >= 0.3 is 5.97 Å². The van der Waals surface area contributed by atoms with Crippen molar-refractivity contribution in [3.05, 3.63) is 35.7 Å². The Hall–Kier alpha value is -1.64. The molecule has 1 aliphatic rings. The fourth-order valence-corrected chi connectivity index (χ4v) is 1.98. The third kappa shape index (κ3) is 2.30. The van der Waals surface area contributed by atoms with Crippen LogP contribution in [0.2, 0.25) is 0 Å². The molecule has 0 atom stereocenters. The predicted octanol–water partition coefficient (Wildman–Crippen LogP) is 2.36. The van der Waals surface area contributed by atoms with Gasteiger partial charge in [0.25, 0.3) is 0 Å². The molecule has 3 nitrogen and oxygen atoms in total. The fourth-order valence-electron chi connectivity index (χ4n) is 1.98. The highest BCUT2D eigenvalue weighted by Crippen LogP contribution is 2.28. The van der Waals surface area contributed by atoms with Crippen LogP contribution >= 0.6 is 0 Å². The molecular formula is C13H15NO2. The minimum atomic E-state index is -0.268. The summed E-state index contributed by atoms with van der Waals surface area (Å²) in [5, 5.41) is 0. The van der Waals surface area contributed by atoms with Gasteiger partial charge in [-0.3, -0.25) is 4.98 Å². The van der Waals surface area contributed by atoms with E-state index in [9.17, 15) is 4.79 Å². The molecule has 84 valence electrons. The maximum atomic E-state index is 11.4. The Bertz CT molecular complexity index is 424. The third-order valence-corrected chi connectivity index (χ3v) is 2.67. The van der Waals surface area contributed by atoms with Crippen LogP contribution < -0.4 is 0 Å². The zero-order valence-electron chi connectivity index (χ0n) is 9.40. The number of aromatic nitrogens is 1. The molecule has 0 bridgehead atoms. The summed E-state index contributed by atoms with van der Waals surface area (Å²) in [6.45, 7) is 2.22. The molecule has 0 spiro atoms. The Kier molecular flexibility index (Phi) is 3.34. The molecule has 0 aliphatic heterocycles. The number of hydrogen-bond donors (Lipinski definition) is 0. The van der Waals surface area contributed by atoms with Gasteiger partial charge in [0, 0.05) is 12.3 Å². The first-order valence-electron chi connectivity index (χ1n) is 5.63. The molecule has 0 fully saturated rings. The van der Waals surface area contributed by atoms with E-state index in [4.69, 9.17) is 4.74 Å². The highest BCUT2D eigenvalue weighted by atomic mass is 16.5. The van der Waals surface area contributed by atoms with E-state index in [1.807, 2.05) is 13.0 Å². The van der Waals surface area contributed by atoms with Crippen LogP contribution in [0.5, 0.6) is 0 Å². The molecule has 0 saturated carbocycles. The quantitative estimate of drug-likeness (QED) is 0.564. The van der Waals surface area contributed by atoms with Crippen molar-refractivity contribution in [2.75, 3.05) is 6.61 Å². The molecule has 0 aromatic carbocycles. The van der Waals surface area contributed by atoms with Gasteiger partial charge in [-0.2, -0.15) is 0 Å². The Balaban J connectivity index is 2.28. The number of aryl methyl sites for hydroxylation is 1. The van der Waals surface area contributed by atoms with Crippen LogP contribution in [0.4, 0.5) is 0 Å². The summed E-state index contributed by atoms with van der Waals surface area (Å²) in [7, 11) is 0. The molecule has 0 amide bonds. The standard InChI is InChI=1S/C13H15NO2/c1-2-16-12(15)9-11-6-3-5-10-7-4-8-14-13(10)11/h4,7-9H,2-3,5-6H2,1H3. The van der Waals surface area contributed by atoms with Gasteiger partial charge in [0.1, 0.15) is 0 Å². The van der Waals surface area contributed by atoms with Crippen LogP contribution in [0.15, 0.2) is 24.4 Å². The van der Waals surface area contributed by atoms with Gasteiger partial charge in [0.2, 0.25) is 0 Å². The first-order valence-corrected chi connectivity index (χ1v) is 5.63. The molecule has 1 aromatic rings. The molecule has 2 rings (SSSR count). The zero-order valence-corrected chi connectivity index (χ0v) is 9.40. The number of carbonyl (C=O) groups is 1. The topological polar surface area (TPSA) is 39.2 Å². The van der Waals surface area contributed by atoms with Gasteiger partial charge in [-0.15, -0.1) is 0 Å². The maximum absolute atomic E-state index is 11.4. The average molecular weight is 217 g/mol. The van der Waals surface area contributed by atoms with Crippen molar-refractivity contribution >= 4 is 11.5 Å². The van der Waals surface area contributed by atoms with Crippen molar-refractivity contribution < 1.29 is 9.53 Å². The maximum Gasteiger partial charge on any atom is 0.331 e. The predicted molar refractivity (Wildman–Crippen MR) is 61.8 cm³/mol. The summed E-state index contributed by atoms with van der Waals surface area (Å²) in [6, 6.07) is 4.01. The van der Waals surface area contributed by atoms with Gasteiger partial charge in [-0.1, -0.05) is 6.07 Å². The minimum absolute atomic E-state index is 0.268. The number of rotatable bonds is 2. The molecule has 3 heteroatoms. The van der Waals surface area contributed by atoms with E-state index >= 15 is 0 Å². The SMILES string of the molecule is CCOC(=O)C=C1CCCc2cccnc21. The molecule has 0 N–H and O–H groups in total. The number of allylic oxidation sites excluding steroid dienone is 1. The van der Waals surface area contributed by atoms with Crippen molar-refractivity contribution in [2.24, 2.45) is 0 Å². The number of pyridine rings is 1. The Morgan fingerprint density at radius 1 is 1.56 bits per heavy atom. The molecule has 1 heterocycles. The zero-order chi connectivity index (χ0) is 11.4. The summed E-state index contributed by atoms with van der Waals surface area (Å²) in [5.41, 5.74) is 3.19. The number of fused-ring (bicyclic) bond motifs is 1. The molecule has 1 aromatic heterocycles. The molecule has 0 unspecified atom stereocenters. The first-order chi connectivity index (χ1) is 7.81. The monoisotopic (exact) mass is 217 g/mol. The second-order valence-corrected chi connectivity index (χ2v) is 3.79. The van der Waals surface area contributed by atoms with Crippen molar-refractivity contribution in [3.8, 4) is 0 Å². The molecule has 0 saturated heterocycles. The van der Waals surface area contributed by atoms with E-state index in [2.05, 4.69) is 11.1 Å². The number of esters is 1. The Morgan fingerprint density at radius 2 is 2.44 bits per heavy atom. The highest BCUT2D eigenvalue weighted by Gasteiger charge is 2.15. The number of hydrogen-bond acceptors (Lipinski definition) is 3. The lowest BCUT2D eigenvalue weighted by atomic mass is 9.91. The summed E-state index contributed by atoms with van der Waals surface area (Å²) < 4.78 is 4.92. The van der Waals surface area contributed by atoms with Crippen LogP contribution in [-0.4, -0.2) is 17.6 Å². The lowest BCUT2D eigenvalue weighted by molar-refractivity contribution is -0.137. The number of ether oxygens (including phenoxy) is 1. The van der Waals surface area contributed by atoms with E-state index in [0.717, 1.165) is 30.5 Å². The van der Waals surface area contributed by atoms with Crippen molar-refractivity contribution in [1.82, 2.24) is 4.98 Å². The van der Waals surface area contributed by atoms with Crippen molar-refractivity contribution in [1.29, 1.82) is 0 Å². The van der Waals surface area contributed by atoms with E-state index in [-0.39, 0.29) is 5.97 Å². The normalized spacial score (nSPS) is 16.9. The Morgan fingerprint density at radius 3 is 3.25 bits per heavy atom. The number of nitrogens with zero attached hydrogens (tertiary/aromatic N) is 1. The van der Waals surface area contributed by atoms with E-state index in [1.165, 1.54) is 5.56 Å². The Labute approximate surface area is 95.2 Å². The van der Waals surface area contributed by atoms with Crippen LogP contribution in [0.25, 0.3) is 5.57 Å². The number of carbonyl (C=O) groups excluding carboxylic acids is 1. The molecule has 1 aliphatic carbocycles. The smallest absolute Gasteiger partial charge is 0.331 e. The summed E-state index contributed by atoms with van der Waals surface area (Å²) in [4.78, 5) is 15.7. The van der Waals surface area contributed by atoms with Crippen LogP contribution in [-0.2, 0) is 16.0 Å². The molecular weight excluding hydrogens is 202 g/mol. The average Bonchev–Trinajstić information content (AvgIpc) is 2.30. The van der Waals surface area contributed by atoms with Crippen LogP contribution in [0.1, 0.15) is 31.0 Å². The lowest BCUT2D eigenvalue weighted by Crippen LogP contribution is -2.07. The van der Waals surface area contributed by atoms with Gasteiger partial charge in [0.05, 0.1) is 12.3 Å². The summed E-state index contributed by atoms with van der Waals surface area (Å²) >= 11 is 0. The summed E-state index contributed by atoms with van der Waals surface area (Å²) in [6.07, 6.45) is 6.37.